The Labute approximate surface area is 209 Å². The van der Waals surface area contributed by atoms with Gasteiger partial charge in [0.05, 0.1) is 29.1 Å². The van der Waals surface area contributed by atoms with Gasteiger partial charge in [-0.15, -0.1) is 0 Å². The highest BCUT2D eigenvalue weighted by Crippen LogP contribution is 2.40. The zero-order chi connectivity index (χ0) is 27.0. The van der Waals surface area contributed by atoms with Crippen LogP contribution in [0.25, 0.3) is 0 Å². The number of carbonyl (C=O) groups is 2. The number of amides is 2. The van der Waals surface area contributed by atoms with Gasteiger partial charge in [0.15, 0.2) is 0 Å². The highest BCUT2D eigenvalue weighted by molar-refractivity contribution is 5.89. The second kappa shape index (κ2) is 9.90. The molecule has 5 nitrogen and oxygen atoms in total. The molecular weight excluding hydrogens is 502 g/mol. The molecule has 1 aliphatic heterocycles. The predicted octanol–water partition coefficient (Wildman–Crippen LogP) is 6.76. The van der Waals surface area contributed by atoms with E-state index in [0.717, 1.165) is 24.8 Å². The molecule has 2 aromatic carbocycles. The SMILES string of the molecule is C[C@H](C(=O)NC1(c2ccc(N3CCOC3=O)cc2)CCCCC1)c1cc(C(F)(F)F)cc(C(F)(F)F)c1. The van der Waals surface area contributed by atoms with Crippen molar-refractivity contribution < 1.29 is 40.7 Å². The summed E-state index contributed by atoms with van der Waals surface area (Å²) in [7, 11) is 0. The predicted molar refractivity (Wildman–Crippen MR) is 123 cm³/mol. The van der Waals surface area contributed by atoms with E-state index >= 15 is 0 Å². The summed E-state index contributed by atoms with van der Waals surface area (Å²) in [6.07, 6.45) is -6.82. The van der Waals surface area contributed by atoms with E-state index in [1.165, 1.54) is 11.8 Å². The first-order valence-corrected chi connectivity index (χ1v) is 12.0. The van der Waals surface area contributed by atoms with Crippen LogP contribution in [0.4, 0.5) is 36.8 Å². The summed E-state index contributed by atoms with van der Waals surface area (Å²) in [4.78, 5) is 26.6. The molecule has 1 saturated carbocycles. The minimum atomic E-state index is -5.00. The van der Waals surface area contributed by atoms with Crippen LogP contribution in [0.15, 0.2) is 42.5 Å². The molecule has 0 aromatic heterocycles. The Bertz CT molecular complexity index is 1120. The minimum Gasteiger partial charge on any atom is -0.447 e. The lowest BCUT2D eigenvalue weighted by molar-refractivity contribution is -0.143. The molecule has 0 spiro atoms. The van der Waals surface area contributed by atoms with Crippen LogP contribution in [-0.2, 0) is 27.4 Å². The first-order valence-electron chi connectivity index (χ1n) is 12.0. The molecule has 1 N–H and O–H groups in total. The molecule has 200 valence electrons. The van der Waals surface area contributed by atoms with Crippen molar-refractivity contribution in [3.8, 4) is 0 Å². The summed E-state index contributed by atoms with van der Waals surface area (Å²) in [5, 5.41) is 2.95. The quantitative estimate of drug-likeness (QED) is 0.437. The monoisotopic (exact) mass is 528 g/mol. The molecule has 0 bridgehead atoms. The normalized spacial score (nSPS) is 18.9. The fourth-order valence-corrected chi connectivity index (χ4v) is 4.95. The van der Waals surface area contributed by atoms with E-state index < -0.39 is 46.9 Å². The van der Waals surface area contributed by atoms with Crippen molar-refractivity contribution >= 4 is 17.7 Å². The molecule has 2 aromatic rings. The van der Waals surface area contributed by atoms with E-state index in [4.69, 9.17) is 4.74 Å². The van der Waals surface area contributed by atoms with Crippen LogP contribution in [0.5, 0.6) is 0 Å². The zero-order valence-electron chi connectivity index (χ0n) is 20.0. The first kappa shape index (κ1) is 26.8. The number of rotatable bonds is 5. The molecule has 1 saturated heterocycles. The fraction of sp³-hybridized carbons (Fsp3) is 0.462. The van der Waals surface area contributed by atoms with E-state index in [-0.39, 0.29) is 18.2 Å². The maximum Gasteiger partial charge on any atom is 0.416 e. The van der Waals surface area contributed by atoms with Crippen LogP contribution in [0, 0.1) is 0 Å². The van der Waals surface area contributed by atoms with Gasteiger partial charge in [0.1, 0.15) is 6.61 Å². The van der Waals surface area contributed by atoms with Crippen LogP contribution in [0.3, 0.4) is 0 Å². The van der Waals surface area contributed by atoms with E-state index in [2.05, 4.69) is 5.32 Å². The van der Waals surface area contributed by atoms with Crippen molar-refractivity contribution in [2.24, 2.45) is 0 Å². The maximum atomic E-state index is 13.3. The number of anilines is 1. The van der Waals surface area contributed by atoms with E-state index in [9.17, 15) is 35.9 Å². The third kappa shape index (κ3) is 5.70. The summed E-state index contributed by atoms with van der Waals surface area (Å²) < 4.78 is 84.9. The van der Waals surface area contributed by atoms with E-state index in [1.54, 1.807) is 24.3 Å². The lowest BCUT2D eigenvalue weighted by atomic mass is 9.76. The number of cyclic esters (lactones) is 1. The molecule has 2 amide bonds. The second-order valence-electron chi connectivity index (χ2n) is 9.51. The third-order valence-corrected chi connectivity index (χ3v) is 7.07. The van der Waals surface area contributed by atoms with Gasteiger partial charge in [0.2, 0.25) is 5.91 Å². The van der Waals surface area contributed by atoms with E-state index in [1.807, 2.05) is 0 Å². The number of ether oxygens (including phenoxy) is 1. The Morgan fingerprint density at radius 2 is 1.51 bits per heavy atom. The van der Waals surface area contributed by atoms with Crippen LogP contribution in [0.1, 0.15) is 67.2 Å². The summed E-state index contributed by atoms with van der Waals surface area (Å²) in [5.41, 5.74) is -2.74. The third-order valence-electron chi connectivity index (χ3n) is 7.07. The Kier molecular flexibility index (Phi) is 7.18. The van der Waals surface area contributed by atoms with Gasteiger partial charge >= 0.3 is 18.4 Å². The molecule has 1 atom stereocenters. The number of hydrogen-bond donors (Lipinski definition) is 1. The van der Waals surface area contributed by atoms with Gasteiger partial charge in [-0.2, -0.15) is 26.3 Å². The summed E-state index contributed by atoms with van der Waals surface area (Å²) >= 11 is 0. The highest BCUT2D eigenvalue weighted by Gasteiger charge is 2.40. The van der Waals surface area contributed by atoms with Crippen molar-refractivity contribution in [2.75, 3.05) is 18.1 Å². The van der Waals surface area contributed by atoms with Gasteiger partial charge in [0.25, 0.3) is 0 Å². The van der Waals surface area contributed by atoms with E-state index in [0.29, 0.717) is 37.2 Å². The lowest BCUT2D eigenvalue weighted by Crippen LogP contribution is -2.48. The van der Waals surface area contributed by atoms with Gasteiger partial charge in [-0.05, 0) is 61.2 Å². The number of hydrogen-bond acceptors (Lipinski definition) is 3. The van der Waals surface area contributed by atoms with Gasteiger partial charge in [0, 0.05) is 5.69 Å². The second-order valence-corrected chi connectivity index (χ2v) is 9.51. The molecule has 2 fully saturated rings. The number of nitrogens with zero attached hydrogens (tertiary/aromatic N) is 1. The topological polar surface area (TPSA) is 58.6 Å². The highest BCUT2D eigenvalue weighted by atomic mass is 19.4. The summed E-state index contributed by atoms with van der Waals surface area (Å²) in [6, 6.07) is 8.27. The number of halogens is 6. The molecule has 0 unspecified atom stereocenters. The van der Waals surface area contributed by atoms with Crippen LogP contribution >= 0.6 is 0 Å². The Morgan fingerprint density at radius 1 is 0.946 bits per heavy atom. The standard InChI is InChI=1S/C26H26F6N2O3/c1-16(17-13-19(25(27,28)29)15-20(14-17)26(30,31)32)22(35)33-24(9-3-2-4-10-24)18-5-7-21(8-6-18)34-11-12-37-23(34)36/h5-8,13-16H,2-4,9-12H2,1H3,(H,33,35)/t16-/m0/s1. The summed E-state index contributed by atoms with van der Waals surface area (Å²) in [6.45, 7) is 1.99. The van der Waals surface area contributed by atoms with Crippen molar-refractivity contribution in [3.63, 3.8) is 0 Å². The van der Waals surface area contributed by atoms with Crippen LogP contribution in [0.2, 0.25) is 0 Å². The Hall–Kier alpha value is -3.24. The lowest BCUT2D eigenvalue weighted by Gasteiger charge is -2.39. The smallest absolute Gasteiger partial charge is 0.416 e. The molecule has 1 heterocycles. The largest absolute Gasteiger partial charge is 0.447 e. The van der Waals surface area contributed by atoms with Crippen molar-refractivity contribution in [3.05, 3.63) is 64.7 Å². The van der Waals surface area contributed by atoms with Gasteiger partial charge in [-0.1, -0.05) is 31.4 Å². The first-order chi connectivity index (χ1) is 17.3. The average Bonchev–Trinajstić information content (AvgIpc) is 3.28. The minimum absolute atomic E-state index is 0.0501. The number of nitrogens with one attached hydrogen (secondary N) is 1. The number of alkyl halides is 6. The molecule has 11 heteroatoms. The van der Waals surface area contributed by atoms with Gasteiger partial charge in [-0.3, -0.25) is 9.69 Å². The molecular formula is C26H26F6N2O3. The molecule has 1 aliphatic carbocycles. The summed E-state index contributed by atoms with van der Waals surface area (Å²) in [5.74, 6) is -1.93. The van der Waals surface area contributed by atoms with Crippen LogP contribution in [-0.4, -0.2) is 25.2 Å². The van der Waals surface area contributed by atoms with Gasteiger partial charge in [-0.25, -0.2) is 4.79 Å². The fourth-order valence-electron chi connectivity index (χ4n) is 4.95. The molecule has 4 rings (SSSR count). The molecule has 37 heavy (non-hydrogen) atoms. The van der Waals surface area contributed by atoms with Gasteiger partial charge < -0.3 is 10.1 Å². The van der Waals surface area contributed by atoms with Crippen LogP contribution < -0.4 is 10.2 Å². The number of carbonyl (C=O) groups excluding carboxylic acids is 2. The molecule has 2 aliphatic rings. The van der Waals surface area contributed by atoms with Crippen molar-refractivity contribution in [1.29, 1.82) is 0 Å². The number of benzene rings is 2. The van der Waals surface area contributed by atoms with Crippen molar-refractivity contribution in [2.45, 2.75) is 62.8 Å². The zero-order valence-corrected chi connectivity index (χ0v) is 20.0. The Morgan fingerprint density at radius 3 is 2.00 bits per heavy atom. The van der Waals surface area contributed by atoms with Crippen molar-refractivity contribution in [1.82, 2.24) is 5.32 Å². The Balaban J connectivity index is 1.62. The molecule has 0 radical (unpaired) electrons. The maximum absolute atomic E-state index is 13.3. The average molecular weight is 528 g/mol.